The number of hydrogen-bond donors (Lipinski definition) is 1. The second-order valence-corrected chi connectivity index (χ2v) is 5.56. The van der Waals surface area contributed by atoms with Crippen molar-refractivity contribution >= 4 is 24.8 Å². The van der Waals surface area contributed by atoms with Crippen molar-refractivity contribution in [1.82, 2.24) is 15.2 Å². The Labute approximate surface area is 135 Å². The molecule has 1 fully saturated rings. The lowest BCUT2D eigenvalue weighted by Crippen LogP contribution is -2.45. The van der Waals surface area contributed by atoms with Gasteiger partial charge in [-0.3, -0.25) is 9.88 Å². The maximum Gasteiger partial charge on any atom is 0.0364 e. The van der Waals surface area contributed by atoms with Crippen molar-refractivity contribution in [2.24, 2.45) is 5.92 Å². The molecule has 1 aliphatic heterocycles. The Morgan fingerprint density at radius 3 is 2.45 bits per heavy atom. The molecule has 1 aromatic rings. The van der Waals surface area contributed by atoms with Gasteiger partial charge in [-0.05, 0) is 30.4 Å². The van der Waals surface area contributed by atoms with E-state index in [2.05, 4.69) is 41.2 Å². The van der Waals surface area contributed by atoms with E-state index in [1.165, 1.54) is 18.4 Å². The van der Waals surface area contributed by atoms with Crippen LogP contribution in [0.4, 0.5) is 0 Å². The number of pyridine rings is 1. The smallest absolute Gasteiger partial charge is 0.0364 e. The highest BCUT2D eigenvalue weighted by atomic mass is 35.5. The van der Waals surface area contributed by atoms with E-state index in [0.717, 1.165) is 32.1 Å². The van der Waals surface area contributed by atoms with Gasteiger partial charge >= 0.3 is 0 Å². The summed E-state index contributed by atoms with van der Waals surface area (Å²) in [6.45, 7) is 9.13. The lowest BCUT2D eigenvalue weighted by atomic mass is 9.97. The molecule has 2 rings (SSSR count). The number of nitrogens with zero attached hydrogens (tertiary/aromatic N) is 2. The monoisotopic (exact) mass is 319 g/mol. The SMILES string of the molecule is CC(C)CC[C@@H](c1cccnc1)N1CCNCC1.Cl.Cl. The summed E-state index contributed by atoms with van der Waals surface area (Å²) in [6.07, 6.45) is 6.42. The Bertz CT molecular complexity index is 340. The molecular weight excluding hydrogens is 293 g/mol. The molecule has 0 amide bonds. The third kappa shape index (κ3) is 5.96. The second-order valence-electron chi connectivity index (χ2n) is 5.56. The van der Waals surface area contributed by atoms with E-state index in [9.17, 15) is 0 Å². The second kappa shape index (κ2) is 10.4. The Morgan fingerprint density at radius 2 is 1.90 bits per heavy atom. The van der Waals surface area contributed by atoms with Crippen LogP contribution in [-0.2, 0) is 0 Å². The molecule has 0 spiro atoms. The van der Waals surface area contributed by atoms with Gasteiger partial charge in [0.1, 0.15) is 0 Å². The van der Waals surface area contributed by atoms with Crippen LogP contribution in [0.2, 0.25) is 0 Å². The zero-order valence-electron chi connectivity index (χ0n) is 12.4. The van der Waals surface area contributed by atoms with Crippen molar-refractivity contribution in [3.63, 3.8) is 0 Å². The lowest BCUT2D eigenvalue weighted by molar-refractivity contribution is 0.159. The van der Waals surface area contributed by atoms with Crippen molar-refractivity contribution in [2.75, 3.05) is 26.2 Å². The summed E-state index contributed by atoms with van der Waals surface area (Å²) >= 11 is 0. The first kappa shape index (κ1) is 19.7. The normalized spacial score (nSPS) is 17.1. The largest absolute Gasteiger partial charge is 0.314 e. The number of hydrogen-bond acceptors (Lipinski definition) is 3. The van der Waals surface area contributed by atoms with Crippen molar-refractivity contribution < 1.29 is 0 Å². The number of rotatable bonds is 5. The Morgan fingerprint density at radius 1 is 1.20 bits per heavy atom. The van der Waals surface area contributed by atoms with Crippen LogP contribution in [0.1, 0.15) is 38.3 Å². The van der Waals surface area contributed by atoms with Crippen LogP contribution in [0.3, 0.4) is 0 Å². The number of aromatic nitrogens is 1. The minimum Gasteiger partial charge on any atom is -0.314 e. The van der Waals surface area contributed by atoms with E-state index < -0.39 is 0 Å². The molecule has 1 atom stereocenters. The summed E-state index contributed by atoms with van der Waals surface area (Å²) < 4.78 is 0. The van der Waals surface area contributed by atoms with Crippen molar-refractivity contribution in [1.29, 1.82) is 0 Å². The molecule has 1 saturated heterocycles. The first-order chi connectivity index (χ1) is 8.77. The highest BCUT2D eigenvalue weighted by Crippen LogP contribution is 2.27. The van der Waals surface area contributed by atoms with Gasteiger partial charge in [0.05, 0.1) is 0 Å². The standard InChI is InChI=1S/C15H25N3.2ClH/c1-13(2)5-6-15(14-4-3-7-17-12-14)18-10-8-16-9-11-18;;/h3-4,7,12-13,15-16H,5-6,8-11H2,1-2H3;2*1H/t15-;;/m0../s1. The van der Waals surface area contributed by atoms with Gasteiger partial charge in [-0.1, -0.05) is 19.9 Å². The fourth-order valence-electron chi connectivity index (χ4n) is 2.62. The third-order valence-corrected chi connectivity index (χ3v) is 3.68. The highest BCUT2D eigenvalue weighted by Gasteiger charge is 2.22. The third-order valence-electron chi connectivity index (χ3n) is 3.68. The predicted octanol–water partition coefficient (Wildman–Crippen LogP) is 3.31. The Kier molecular flexibility index (Phi) is 10.2. The summed E-state index contributed by atoms with van der Waals surface area (Å²) in [6, 6.07) is 4.82. The maximum atomic E-state index is 4.29. The summed E-state index contributed by atoms with van der Waals surface area (Å²) in [5, 5.41) is 3.43. The fraction of sp³-hybridized carbons (Fsp3) is 0.667. The molecule has 1 aliphatic rings. The Balaban J connectivity index is 0.00000180. The van der Waals surface area contributed by atoms with Gasteiger partial charge in [-0.2, -0.15) is 0 Å². The topological polar surface area (TPSA) is 28.2 Å². The van der Waals surface area contributed by atoms with Gasteiger partial charge in [-0.25, -0.2) is 0 Å². The average molecular weight is 320 g/mol. The lowest BCUT2D eigenvalue weighted by Gasteiger charge is -2.35. The van der Waals surface area contributed by atoms with E-state index >= 15 is 0 Å². The van der Waals surface area contributed by atoms with Gasteiger partial charge < -0.3 is 5.32 Å². The van der Waals surface area contributed by atoms with E-state index in [4.69, 9.17) is 0 Å². The van der Waals surface area contributed by atoms with E-state index in [1.807, 2.05) is 12.4 Å². The molecule has 20 heavy (non-hydrogen) atoms. The van der Waals surface area contributed by atoms with Gasteiger partial charge in [0.2, 0.25) is 0 Å². The van der Waals surface area contributed by atoms with Crippen LogP contribution in [-0.4, -0.2) is 36.1 Å². The van der Waals surface area contributed by atoms with Gasteiger partial charge in [0.25, 0.3) is 0 Å². The first-order valence-corrected chi connectivity index (χ1v) is 7.12. The van der Waals surface area contributed by atoms with Crippen molar-refractivity contribution in [2.45, 2.75) is 32.7 Å². The van der Waals surface area contributed by atoms with Crippen molar-refractivity contribution in [3.8, 4) is 0 Å². The summed E-state index contributed by atoms with van der Waals surface area (Å²) in [7, 11) is 0. The maximum absolute atomic E-state index is 4.29. The fourth-order valence-corrected chi connectivity index (χ4v) is 2.62. The summed E-state index contributed by atoms with van der Waals surface area (Å²) in [5.74, 6) is 0.770. The molecule has 0 bridgehead atoms. The predicted molar refractivity (Wildman–Crippen MR) is 90.0 cm³/mol. The molecular formula is C15H27Cl2N3. The van der Waals surface area contributed by atoms with Crippen LogP contribution in [0.15, 0.2) is 24.5 Å². The quantitative estimate of drug-likeness (QED) is 0.902. The van der Waals surface area contributed by atoms with E-state index in [0.29, 0.717) is 6.04 Å². The molecule has 2 heterocycles. The van der Waals surface area contributed by atoms with Gasteiger partial charge in [-0.15, -0.1) is 24.8 Å². The van der Waals surface area contributed by atoms with Gasteiger partial charge in [0, 0.05) is 44.6 Å². The highest BCUT2D eigenvalue weighted by molar-refractivity contribution is 5.85. The van der Waals surface area contributed by atoms with Crippen LogP contribution >= 0.6 is 24.8 Å². The summed E-state index contributed by atoms with van der Waals surface area (Å²) in [4.78, 5) is 6.89. The average Bonchev–Trinajstić information content (AvgIpc) is 2.41. The molecule has 5 heteroatoms. The zero-order valence-corrected chi connectivity index (χ0v) is 14.1. The molecule has 0 unspecified atom stereocenters. The molecule has 0 aliphatic carbocycles. The van der Waals surface area contributed by atoms with Crippen LogP contribution in [0.5, 0.6) is 0 Å². The van der Waals surface area contributed by atoms with Crippen LogP contribution in [0, 0.1) is 5.92 Å². The first-order valence-electron chi connectivity index (χ1n) is 7.12. The number of nitrogens with one attached hydrogen (secondary N) is 1. The van der Waals surface area contributed by atoms with Crippen LogP contribution in [0.25, 0.3) is 0 Å². The number of piperazine rings is 1. The minimum atomic E-state index is 0. The molecule has 0 saturated carbocycles. The van der Waals surface area contributed by atoms with E-state index in [-0.39, 0.29) is 24.8 Å². The molecule has 116 valence electrons. The van der Waals surface area contributed by atoms with Crippen LogP contribution < -0.4 is 5.32 Å². The van der Waals surface area contributed by atoms with Crippen molar-refractivity contribution in [3.05, 3.63) is 30.1 Å². The summed E-state index contributed by atoms with van der Waals surface area (Å²) in [5.41, 5.74) is 1.38. The Hall–Kier alpha value is -0.350. The van der Waals surface area contributed by atoms with Gasteiger partial charge in [0.15, 0.2) is 0 Å². The molecule has 0 aromatic carbocycles. The zero-order chi connectivity index (χ0) is 12.8. The van der Waals surface area contributed by atoms with E-state index in [1.54, 1.807) is 0 Å². The molecule has 0 radical (unpaired) electrons. The molecule has 3 nitrogen and oxygen atoms in total. The molecule has 1 aromatic heterocycles. The molecule has 1 N–H and O–H groups in total. The number of halogens is 2. The minimum absolute atomic E-state index is 0.